The molecule has 2 fully saturated rings. The summed E-state index contributed by atoms with van der Waals surface area (Å²) in [7, 11) is 0. The first-order valence-electron chi connectivity index (χ1n) is 13.3. The Bertz CT molecular complexity index is 1180. The lowest BCUT2D eigenvalue weighted by molar-refractivity contribution is -0.157. The van der Waals surface area contributed by atoms with Crippen LogP contribution < -0.4 is 10.1 Å². The molecule has 2 aliphatic rings. The maximum Gasteiger partial charge on any atom is 0.225 e. The summed E-state index contributed by atoms with van der Waals surface area (Å²) < 4.78 is 39.8. The first-order valence-corrected chi connectivity index (χ1v) is 13.7. The van der Waals surface area contributed by atoms with Crippen molar-refractivity contribution in [3.05, 3.63) is 63.7 Å². The number of nitrogens with zero attached hydrogens (tertiary/aromatic N) is 2. The SMILES string of the molecule is CC(=O)NC1CCN(C(=O)CC2(COc3cc(C)c(Cl)c(C)c3)CN(Cc3ccc(F)c(F)c3)CCO2)CC1. The average molecular weight is 564 g/mol. The van der Waals surface area contributed by atoms with Crippen LogP contribution in [0.25, 0.3) is 0 Å². The van der Waals surface area contributed by atoms with Crippen LogP contribution in [0, 0.1) is 25.5 Å². The summed E-state index contributed by atoms with van der Waals surface area (Å²) >= 11 is 6.33. The van der Waals surface area contributed by atoms with Gasteiger partial charge in [-0.1, -0.05) is 17.7 Å². The Morgan fingerprint density at radius 3 is 2.44 bits per heavy atom. The highest BCUT2D eigenvalue weighted by atomic mass is 35.5. The number of hydrogen-bond acceptors (Lipinski definition) is 5. The number of aryl methyl sites for hydroxylation is 2. The van der Waals surface area contributed by atoms with Gasteiger partial charge in [-0.05, 0) is 67.6 Å². The molecule has 0 radical (unpaired) electrons. The standard InChI is InChI=1S/C29H36ClF2N3O4/c1-19-12-24(13-20(2)28(19)30)38-18-29(15-27(37)35-8-6-23(7-9-35)33-21(3)36)17-34(10-11-39-29)16-22-4-5-25(31)26(32)14-22/h4-5,12-14,23H,6-11,15-18H2,1-3H3,(H,33,36). The van der Waals surface area contributed by atoms with Gasteiger partial charge in [-0.2, -0.15) is 0 Å². The van der Waals surface area contributed by atoms with Gasteiger partial charge in [0.2, 0.25) is 11.8 Å². The van der Waals surface area contributed by atoms with E-state index in [2.05, 4.69) is 10.2 Å². The number of morpholine rings is 1. The van der Waals surface area contributed by atoms with Crippen LogP contribution in [0.4, 0.5) is 8.78 Å². The second-order valence-corrected chi connectivity index (χ2v) is 11.1. The Kier molecular flexibility index (Phi) is 9.46. The van der Waals surface area contributed by atoms with Crippen LogP contribution in [0.1, 0.15) is 42.9 Å². The van der Waals surface area contributed by atoms with Crippen molar-refractivity contribution >= 4 is 23.4 Å². The highest BCUT2D eigenvalue weighted by Gasteiger charge is 2.41. The minimum atomic E-state index is -0.941. The normalized spacial score (nSPS) is 20.6. The smallest absolute Gasteiger partial charge is 0.225 e. The second kappa shape index (κ2) is 12.6. The molecule has 2 heterocycles. The number of carbonyl (C=O) groups is 2. The average Bonchev–Trinajstić information content (AvgIpc) is 2.88. The Hall–Kier alpha value is -2.75. The van der Waals surface area contributed by atoms with Crippen LogP contribution in [-0.2, 0) is 20.9 Å². The zero-order valence-electron chi connectivity index (χ0n) is 22.7. The highest BCUT2D eigenvalue weighted by Crippen LogP contribution is 2.30. The van der Waals surface area contributed by atoms with Gasteiger partial charge in [0.15, 0.2) is 11.6 Å². The fourth-order valence-electron chi connectivity index (χ4n) is 5.35. The van der Waals surface area contributed by atoms with E-state index < -0.39 is 17.2 Å². The molecule has 0 aromatic heterocycles. The molecule has 1 unspecified atom stereocenters. The molecule has 2 amide bonds. The molecule has 2 aliphatic heterocycles. The zero-order chi connectivity index (χ0) is 28.2. The van der Waals surface area contributed by atoms with Gasteiger partial charge < -0.3 is 19.7 Å². The molecule has 7 nitrogen and oxygen atoms in total. The predicted molar refractivity (Wildman–Crippen MR) is 145 cm³/mol. The number of amides is 2. The summed E-state index contributed by atoms with van der Waals surface area (Å²) in [5.41, 5.74) is 1.48. The molecule has 212 valence electrons. The van der Waals surface area contributed by atoms with Crippen LogP contribution in [-0.4, -0.2) is 72.6 Å². The lowest BCUT2D eigenvalue weighted by Gasteiger charge is -2.43. The van der Waals surface area contributed by atoms with Gasteiger partial charge in [0.1, 0.15) is 18.0 Å². The van der Waals surface area contributed by atoms with Crippen molar-refractivity contribution in [2.75, 3.05) is 39.4 Å². The van der Waals surface area contributed by atoms with Gasteiger partial charge in [-0.15, -0.1) is 0 Å². The van der Waals surface area contributed by atoms with Gasteiger partial charge >= 0.3 is 0 Å². The maximum atomic E-state index is 13.8. The summed E-state index contributed by atoms with van der Waals surface area (Å²) in [6.45, 7) is 8.26. The number of halogens is 3. The molecule has 1 N–H and O–H groups in total. The molecule has 0 saturated carbocycles. The van der Waals surface area contributed by atoms with E-state index in [1.807, 2.05) is 30.9 Å². The third-order valence-electron chi connectivity index (χ3n) is 7.36. The molecule has 39 heavy (non-hydrogen) atoms. The molecule has 0 spiro atoms. The van der Waals surface area contributed by atoms with Crippen molar-refractivity contribution in [1.29, 1.82) is 0 Å². The van der Waals surface area contributed by atoms with Gasteiger partial charge in [-0.25, -0.2) is 8.78 Å². The summed E-state index contributed by atoms with van der Waals surface area (Å²) in [6.07, 6.45) is 1.50. The number of nitrogens with one attached hydrogen (secondary N) is 1. The van der Waals surface area contributed by atoms with E-state index in [4.69, 9.17) is 21.1 Å². The molecule has 2 aromatic carbocycles. The number of carbonyl (C=O) groups excluding carboxylic acids is 2. The third kappa shape index (κ3) is 7.68. The summed E-state index contributed by atoms with van der Waals surface area (Å²) in [5, 5.41) is 3.61. The Morgan fingerprint density at radius 1 is 1.10 bits per heavy atom. The van der Waals surface area contributed by atoms with Crippen molar-refractivity contribution in [3.8, 4) is 5.75 Å². The largest absolute Gasteiger partial charge is 0.490 e. The van der Waals surface area contributed by atoms with Crippen molar-refractivity contribution in [3.63, 3.8) is 0 Å². The van der Waals surface area contributed by atoms with E-state index >= 15 is 0 Å². The van der Waals surface area contributed by atoms with Crippen LogP contribution in [0.2, 0.25) is 5.02 Å². The fraction of sp³-hybridized carbons (Fsp3) is 0.517. The lowest BCUT2D eigenvalue weighted by Crippen LogP contribution is -2.57. The van der Waals surface area contributed by atoms with Crippen LogP contribution in [0.15, 0.2) is 30.3 Å². The minimum Gasteiger partial charge on any atom is -0.490 e. The van der Waals surface area contributed by atoms with Crippen LogP contribution >= 0.6 is 11.6 Å². The van der Waals surface area contributed by atoms with E-state index in [0.29, 0.717) is 68.5 Å². The molecular formula is C29H36ClF2N3O4. The highest BCUT2D eigenvalue weighted by molar-refractivity contribution is 6.32. The molecule has 2 saturated heterocycles. The van der Waals surface area contributed by atoms with Crippen LogP contribution in [0.5, 0.6) is 5.75 Å². The Balaban J connectivity index is 1.49. The Labute approximate surface area is 233 Å². The lowest BCUT2D eigenvalue weighted by atomic mass is 9.95. The molecule has 0 aliphatic carbocycles. The van der Waals surface area contributed by atoms with Crippen LogP contribution in [0.3, 0.4) is 0 Å². The molecular weight excluding hydrogens is 528 g/mol. The number of piperidine rings is 1. The van der Waals surface area contributed by atoms with Crippen molar-refractivity contribution in [1.82, 2.24) is 15.1 Å². The number of likely N-dealkylation sites (tertiary alicyclic amines) is 1. The van der Waals surface area contributed by atoms with Gasteiger partial charge in [0.25, 0.3) is 0 Å². The summed E-state index contributed by atoms with van der Waals surface area (Å²) in [4.78, 5) is 28.8. The number of benzene rings is 2. The van der Waals surface area contributed by atoms with E-state index in [0.717, 1.165) is 17.2 Å². The van der Waals surface area contributed by atoms with Crippen molar-refractivity contribution in [2.24, 2.45) is 0 Å². The molecule has 2 aromatic rings. The summed E-state index contributed by atoms with van der Waals surface area (Å²) in [6, 6.07) is 7.68. The molecule has 4 rings (SSSR count). The van der Waals surface area contributed by atoms with Gasteiger partial charge in [0.05, 0.1) is 13.0 Å². The minimum absolute atomic E-state index is 0.0435. The maximum absolute atomic E-state index is 13.8. The zero-order valence-corrected chi connectivity index (χ0v) is 23.5. The van der Waals surface area contributed by atoms with Crippen molar-refractivity contribution < 1.29 is 27.8 Å². The van der Waals surface area contributed by atoms with E-state index in [1.165, 1.54) is 13.0 Å². The fourth-order valence-corrected chi connectivity index (χ4v) is 5.46. The summed E-state index contributed by atoms with van der Waals surface area (Å²) in [5.74, 6) is -1.25. The quantitative estimate of drug-likeness (QED) is 0.515. The topological polar surface area (TPSA) is 71.1 Å². The third-order valence-corrected chi connectivity index (χ3v) is 7.95. The van der Waals surface area contributed by atoms with E-state index in [9.17, 15) is 18.4 Å². The predicted octanol–water partition coefficient (Wildman–Crippen LogP) is 4.40. The van der Waals surface area contributed by atoms with E-state index in [1.54, 1.807) is 6.07 Å². The Morgan fingerprint density at radius 2 is 1.79 bits per heavy atom. The second-order valence-electron chi connectivity index (χ2n) is 10.7. The van der Waals surface area contributed by atoms with E-state index in [-0.39, 0.29) is 30.9 Å². The molecule has 0 bridgehead atoms. The first kappa shape index (κ1) is 29.2. The number of rotatable bonds is 8. The monoisotopic (exact) mass is 563 g/mol. The van der Waals surface area contributed by atoms with Gasteiger partial charge in [-0.3, -0.25) is 14.5 Å². The number of ether oxygens (including phenoxy) is 2. The van der Waals surface area contributed by atoms with Gasteiger partial charge in [0, 0.05) is 50.7 Å². The first-order chi connectivity index (χ1) is 18.5. The molecule has 10 heteroatoms. The van der Waals surface area contributed by atoms with Crippen molar-refractivity contribution in [2.45, 2.75) is 58.2 Å². The number of hydrogen-bond donors (Lipinski definition) is 1. The molecule has 1 atom stereocenters.